The van der Waals surface area contributed by atoms with Crippen LogP contribution in [0.5, 0.6) is 0 Å². The van der Waals surface area contributed by atoms with Gasteiger partial charge >= 0.3 is 0 Å². The fraction of sp³-hybridized carbons (Fsp3) is 0.273. The molecule has 0 saturated heterocycles. The number of thiocarbonyl (C=S) groups is 1. The lowest BCUT2D eigenvalue weighted by atomic mass is 10.2. The van der Waals surface area contributed by atoms with Gasteiger partial charge in [0.15, 0.2) is 5.11 Å². The van der Waals surface area contributed by atoms with E-state index in [1.807, 2.05) is 6.07 Å². The Morgan fingerprint density at radius 2 is 2.12 bits per heavy atom. The third-order valence-electron chi connectivity index (χ3n) is 2.03. The largest absolute Gasteiger partial charge is 0.358 e. The molecule has 0 fully saturated rings. The molecule has 0 unspecified atom stereocenters. The number of hydrogen-bond acceptors (Lipinski definition) is 2. The van der Waals surface area contributed by atoms with Crippen molar-refractivity contribution in [1.82, 2.24) is 10.6 Å². The van der Waals surface area contributed by atoms with Crippen LogP contribution in [0.4, 0.5) is 0 Å². The van der Waals surface area contributed by atoms with Crippen molar-refractivity contribution in [3.8, 4) is 0 Å². The van der Waals surface area contributed by atoms with Crippen LogP contribution in [0.1, 0.15) is 18.9 Å². The lowest BCUT2D eigenvalue weighted by Crippen LogP contribution is -2.38. The van der Waals surface area contributed by atoms with Crippen molar-refractivity contribution < 1.29 is 4.79 Å². The maximum atomic E-state index is 11.1. The summed E-state index contributed by atoms with van der Waals surface area (Å²) in [6, 6.07) is 5.22. The Morgan fingerprint density at radius 3 is 2.71 bits per heavy atom. The van der Waals surface area contributed by atoms with Crippen LogP contribution < -0.4 is 10.6 Å². The summed E-state index contributed by atoms with van der Waals surface area (Å²) in [7, 11) is 0. The molecule has 0 spiro atoms. The summed E-state index contributed by atoms with van der Waals surface area (Å²) in [5, 5.41) is 6.88. The van der Waals surface area contributed by atoms with Crippen molar-refractivity contribution in [3.05, 3.63) is 33.8 Å². The van der Waals surface area contributed by atoms with Crippen LogP contribution in [0.25, 0.3) is 0 Å². The van der Waals surface area contributed by atoms with Crippen molar-refractivity contribution >= 4 is 46.4 Å². The molecular weight excluding hydrogens is 279 g/mol. The van der Waals surface area contributed by atoms with E-state index in [-0.39, 0.29) is 5.91 Å². The lowest BCUT2D eigenvalue weighted by molar-refractivity contribution is -0.119. The topological polar surface area (TPSA) is 41.1 Å². The molecule has 0 aliphatic rings. The minimum atomic E-state index is -0.121. The Hall–Kier alpha value is -0.840. The van der Waals surface area contributed by atoms with Gasteiger partial charge in [-0.2, -0.15) is 0 Å². The first-order valence-electron chi connectivity index (χ1n) is 5.04. The van der Waals surface area contributed by atoms with Gasteiger partial charge in [-0.15, -0.1) is 0 Å². The van der Waals surface area contributed by atoms with E-state index in [0.29, 0.717) is 28.1 Å². The number of nitrogens with one attached hydrogen (secondary N) is 2. The number of benzene rings is 1. The minimum absolute atomic E-state index is 0.121. The van der Waals surface area contributed by atoms with Gasteiger partial charge in [0.1, 0.15) is 0 Å². The predicted octanol–water partition coefficient (Wildman–Crippen LogP) is 2.89. The molecule has 0 aliphatic heterocycles. The zero-order chi connectivity index (χ0) is 12.8. The number of hydrogen-bond donors (Lipinski definition) is 2. The number of halogens is 2. The monoisotopic (exact) mass is 290 g/mol. The van der Waals surface area contributed by atoms with Gasteiger partial charge in [-0.05, 0) is 29.9 Å². The lowest BCUT2D eigenvalue weighted by Gasteiger charge is -2.10. The standard InChI is InChI=1S/C11H12Cl2N2OS/c1-2-10(16)15-11(17)14-6-7-3-4-8(12)5-9(7)13/h3-5H,2,6H2,1H3,(H2,14,15,16,17). The molecule has 92 valence electrons. The summed E-state index contributed by atoms with van der Waals surface area (Å²) in [4.78, 5) is 11.1. The van der Waals surface area contributed by atoms with E-state index in [0.717, 1.165) is 5.56 Å². The third kappa shape index (κ3) is 4.89. The van der Waals surface area contributed by atoms with E-state index >= 15 is 0 Å². The maximum absolute atomic E-state index is 11.1. The van der Waals surface area contributed by atoms with Crippen molar-refractivity contribution in [2.75, 3.05) is 0 Å². The summed E-state index contributed by atoms with van der Waals surface area (Å²) >= 11 is 16.7. The molecule has 3 nitrogen and oxygen atoms in total. The Bertz CT molecular complexity index is 437. The fourth-order valence-corrected chi connectivity index (χ4v) is 1.76. The highest BCUT2D eigenvalue weighted by atomic mass is 35.5. The van der Waals surface area contributed by atoms with Crippen molar-refractivity contribution in [2.45, 2.75) is 19.9 Å². The molecule has 17 heavy (non-hydrogen) atoms. The van der Waals surface area contributed by atoms with Crippen molar-refractivity contribution in [2.24, 2.45) is 0 Å². The van der Waals surface area contributed by atoms with E-state index in [1.165, 1.54) is 0 Å². The molecule has 1 amide bonds. The Labute approximate surface area is 115 Å². The van der Waals surface area contributed by atoms with E-state index in [4.69, 9.17) is 35.4 Å². The Balaban J connectivity index is 2.50. The van der Waals surface area contributed by atoms with Gasteiger partial charge in [0.2, 0.25) is 5.91 Å². The number of carbonyl (C=O) groups is 1. The van der Waals surface area contributed by atoms with Gasteiger partial charge in [0.25, 0.3) is 0 Å². The van der Waals surface area contributed by atoms with E-state index in [2.05, 4.69) is 10.6 Å². The SMILES string of the molecule is CCC(=O)NC(=S)NCc1ccc(Cl)cc1Cl. The second-order valence-electron chi connectivity index (χ2n) is 3.32. The van der Waals surface area contributed by atoms with E-state index in [9.17, 15) is 4.79 Å². The quantitative estimate of drug-likeness (QED) is 0.841. The van der Waals surface area contributed by atoms with E-state index in [1.54, 1.807) is 19.1 Å². The van der Waals surface area contributed by atoms with Gasteiger partial charge in [0, 0.05) is 23.0 Å². The van der Waals surface area contributed by atoms with Crippen LogP contribution in [-0.2, 0) is 11.3 Å². The zero-order valence-electron chi connectivity index (χ0n) is 9.22. The normalized spacial score (nSPS) is 9.82. The number of rotatable bonds is 3. The Kier molecular flexibility index (Phi) is 5.68. The molecule has 0 radical (unpaired) electrons. The zero-order valence-corrected chi connectivity index (χ0v) is 11.5. The summed E-state index contributed by atoms with van der Waals surface area (Å²) in [6.07, 6.45) is 0.392. The minimum Gasteiger partial charge on any atom is -0.358 e. The molecular formula is C11H12Cl2N2OS. The molecule has 1 rings (SSSR count). The third-order valence-corrected chi connectivity index (χ3v) is 2.86. The predicted molar refractivity (Wildman–Crippen MR) is 74.3 cm³/mol. The molecule has 0 bridgehead atoms. The maximum Gasteiger partial charge on any atom is 0.225 e. The van der Waals surface area contributed by atoms with Gasteiger partial charge < -0.3 is 10.6 Å². The molecule has 0 saturated carbocycles. The highest BCUT2D eigenvalue weighted by Gasteiger charge is 2.04. The molecule has 2 N–H and O–H groups in total. The summed E-state index contributed by atoms with van der Waals surface area (Å²) in [5.41, 5.74) is 0.865. The smallest absolute Gasteiger partial charge is 0.225 e. The molecule has 0 atom stereocenters. The van der Waals surface area contributed by atoms with E-state index < -0.39 is 0 Å². The van der Waals surface area contributed by atoms with Crippen LogP contribution in [0.15, 0.2) is 18.2 Å². The summed E-state index contributed by atoms with van der Waals surface area (Å²) in [6.45, 7) is 2.20. The molecule has 0 aliphatic carbocycles. The van der Waals surface area contributed by atoms with Gasteiger partial charge in [-0.25, -0.2) is 0 Å². The highest BCUT2D eigenvalue weighted by molar-refractivity contribution is 7.80. The van der Waals surface area contributed by atoms with Gasteiger partial charge in [0.05, 0.1) is 0 Å². The summed E-state index contributed by atoms with van der Waals surface area (Å²) < 4.78 is 0. The van der Waals surface area contributed by atoms with Crippen LogP contribution in [0, 0.1) is 0 Å². The average Bonchev–Trinajstić information content (AvgIpc) is 2.27. The van der Waals surface area contributed by atoms with Crippen LogP contribution in [0.3, 0.4) is 0 Å². The molecule has 0 aromatic heterocycles. The molecule has 1 aromatic carbocycles. The fourth-order valence-electron chi connectivity index (χ4n) is 1.10. The Morgan fingerprint density at radius 1 is 1.41 bits per heavy atom. The van der Waals surface area contributed by atoms with Crippen LogP contribution >= 0.6 is 35.4 Å². The second kappa shape index (κ2) is 6.79. The first-order chi connectivity index (χ1) is 8.02. The van der Waals surface area contributed by atoms with Gasteiger partial charge in [-0.3, -0.25) is 4.79 Å². The summed E-state index contributed by atoms with van der Waals surface area (Å²) in [5.74, 6) is -0.121. The number of amides is 1. The average molecular weight is 291 g/mol. The molecule has 0 heterocycles. The number of carbonyl (C=O) groups excluding carboxylic acids is 1. The molecule has 6 heteroatoms. The van der Waals surface area contributed by atoms with Crippen molar-refractivity contribution in [3.63, 3.8) is 0 Å². The second-order valence-corrected chi connectivity index (χ2v) is 4.57. The van der Waals surface area contributed by atoms with Crippen LogP contribution in [-0.4, -0.2) is 11.0 Å². The van der Waals surface area contributed by atoms with Crippen molar-refractivity contribution in [1.29, 1.82) is 0 Å². The first-order valence-corrected chi connectivity index (χ1v) is 6.21. The first kappa shape index (κ1) is 14.2. The molecule has 1 aromatic rings. The van der Waals surface area contributed by atoms with Crippen LogP contribution in [0.2, 0.25) is 10.0 Å². The highest BCUT2D eigenvalue weighted by Crippen LogP contribution is 2.20. The van der Waals surface area contributed by atoms with Gasteiger partial charge in [-0.1, -0.05) is 36.2 Å².